The van der Waals surface area contributed by atoms with Gasteiger partial charge in [0.2, 0.25) is 0 Å². The van der Waals surface area contributed by atoms with Gasteiger partial charge in [0.25, 0.3) is 5.56 Å². The van der Waals surface area contributed by atoms with E-state index in [1.54, 1.807) is 23.1 Å². The molecule has 0 aromatic carbocycles. The Morgan fingerprint density at radius 2 is 2.10 bits per heavy atom. The zero-order chi connectivity index (χ0) is 21.3. The minimum Gasteiger partial charge on any atom is -0.309 e. The summed E-state index contributed by atoms with van der Waals surface area (Å²) in [6.45, 7) is 5.28. The highest BCUT2D eigenvalue weighted by atomic mass is 32.2. The fraction of sp³-hybridized carbons (Fsp3) is 0.619. The topological polar surface area (TPSA) is 79.7 Å². The van der Waals surface area contributed by atoms with Crippen LogP contribution in [0.3, 0.4) is 0 Å². The summed E-state index contributed by atoms with van der Waals surface area (Å²) in [4.78, 5) is 24.9. The molecule has 1 atom stereocenters. The Balaban J connectivity index is 1.59. The lowest BCUT2D eigenvalue weighted by molar-refractivity contribution is 0.270. The number of thioether (sulfide) groups is 1. The van der Waals surface area contributed by atoms with Crippen molar-refractivity contribution in [1.82, 2.24) is 29.6 Å². The first-order chi connectivity index (χ1) is 14.5. The van der Waals surface area contributed by atoms with Crippen molar-refractivity contribution in [2.45, 2.75) is 75.9 Å². The molecule has 3 heterocycles. The van der Waals surface area contributed by atoms with Crippen molar-refractivity contribution >= 4 is 33.3 Å². The Kier molecular flexibility index (Phi) is 6.60. The first kappa shape index (κ1) is 21.5. The number of hydrogen-bond acceptors (Lipinski definition) is 7. The van der Waals surface area contributed by atoms with E-state index in [0.29, 0.717) is 11.6 Å². The molecule has 1 N–H and O–H groups in total. The molecule has 0 unspecified atom stereocenters. The van der Waals surface area contributed by atoms with Crippen molar-refractivity contribution in [3.05, 3.63) is 32.4 Å². The molecule has 1 aliphatic rings. The van der Waals surface area contributed by atoms with Crippen LogP contribution in [0.15, 0.2) is 9.95 Å². The normalized spacial score (nSPS) is 14.7. The van der Waals surface area contributed by atoms with Crippen LogP contribution < -0.4 is 5.56 Å². The molecule has 0 spiro atoms. The van der Waals surface area contributed by atoms with Gasteiger partial charge in [0.1, 0.15) is 10.7 Å². The third-order valence-electron chi connectivity index (χ3n) is 5.75. The summed E-state index contributed by atoms with van der Waals surface area (Å²) in [6, 6.07) is 0.242. The molecule has 3 aromatic rings. The third kappa shape index (κ3) is 4.07. The standard InChI is InChI=1S/C21H30N6OS2/c1-5-7-11-27-18(14(6-2)26(3)4)24-25-21(27)29-12-16-22-19(28)17-13-9-8-10-15(13)30-20(17)23-16/h14H,5-12H2,1-4H3,(H,22,23,28)/t14-/m1/s1. The largest absolute Gasteiger partial charge is 0.309 e. The van der Waals surface area contributed by atoms with Crippen LogP contribution in [0.2, 0.25) is 0 Å². The summed E-state index contributed by atoms with van der Waals surface area (Å²) in [5.74, 6) is 2.31. The van der Waals surface area contributed by atoms with E-state index in [1.165, 1.54) is 10.4 Å². The first-order valence-corrected chi connectivity index (χ1v) is 12.6. The van der Waals surface area contributed by atoms with E-state index in [2.05, 4.69) is 52.6 Å². The maximum absolute atomic E-state index is 12.7. The number of nitrogens with one attached hydrogen (secondary N) is 1. The number of rotatable bonds is 9. The predicted molar refractivity (Wildman–Crippen MR) is 123 cm³/mol. The Morgan fingerprint density at radius 1 is 1.27 bits per heavy atom. The number of thiophene rings is 1. The summed E-state index contributed by atoms with van der Waals surface area (Å²) in [6.07, 6.45) is 6.42. The number of hydrogen-bond donors (Lipinski definition) is 1. The minimum atomic E-state index is 0.00166. The molecule has 3 aromatic heterocycles. The van der Waals surface area contributed by atoms with Gasteiger partial charge in [-0.25, -0.2) is 4.98 Å². The van der Waals surface area contributed by atoms with E-state index in [-0.39, 0.29) is 11.6 Å². The second-order valence-electron chi connectivity index (χ2n) is 8.07. The molecule has 30 heavy (non-hydrogen) atoms. The minimum absolute atomic E-state index is 0.00166. The van der Waals surface area contributed by atoms with Gasteiger partial charge in [0.05, 0.1) is 17.2 Å². The van der Waals surface area contributed by atoms with Gasteiger partial charge >= 0.3 is 0 Å². The molecular weight excluding hydrogens is 416 g/mol. The van der Waals surface area contributed by atoms with Crippen LogP contribution in [0.4, 0.5) is 0 Å². The summed E-state index contributed by atoms with van der Waals surface area (Å²) >= 11 is 3.29. The van der Waals surface area contributed by atoms with Gasteiger partial charge in [-0.3, -0.25) is 9.69 Å². The Hall–Kier alpha value is -1.71. The highest BCUT2D eigenvalue weighted by Gasteiger charge is 2.23. The summed E-state index contributed by atoms with van der Waals surface area (Å²) in [5.41, 5.74) is 1.22. The molecular formula is C21H30N6OS2. The quantitative estimate of drug-likeness (QED) is 0.497. The van der Waals surface area contributed by atoms with Gasteiger partial charge < -0.3 is 9.55 Å². The number of H-pyrrole nitrogens is 1. The van der Waals surface area contributed by atoms with Crippen LogP contribution in [0, 0.1) is 0 Å². The highest BCUT2D eigenvalue weighted by molar-refractivity contribution is 7.98. The van der Waals surface area contributed by atoms with Crippen LogP contribution in [-0.4, -0.2) is 43.7 Å². The molecule has 0 amide bonds. The fourth-order valence-corrected chi connectivity index (χ4v) is 6.33. The molecule has 0 saturated carbocycles. The van der Waals surface area contributed by atoms with Crippen LogP contribution in [0.25, 0.3) is 10.2 Å². The smallest absolute Gasteiger partial charge is 0.259 e. The lowest BCUT2D eigenvalue weighted by Gasteiger charge is -2.23. The Bertz CT molecular complexity index is 1080. The Labute approximate surface area is 185 Å². The average Bonchev–Trinajstić information content (AvgIpc) is 3.39. The Morgan fingerprint density at radius 3 is 2.83 bits per heavy atom. The van der Waals surface area contributed by atoms with Gasteiger partial charge in [-0.1, -0.05) is 32.0 Å². The highest BCUT2D eigenvalue weighted by Crippen LogP contribution is 2.35. The van der Waals surface area contributed by atoms with Crippen LogP contribution in [0.1, 0.15) is 67.7 Å². The van der Waals surface area contributed by atoms with E-state index in [0.717, 1.165) is 66.3 Å². The molecule has 1 aliphatic carbocycles. The molecule has 0 aliphatic heterocycles. The molecule has 0 bridgehead atoms. The van der Waals surface area contributed by atoms with Crippen molar-refractivity contribution < 1.29 is 0 Å². The van der Waals surface area contributed by atoms with E-state index < -0.39 is 0 Å². The number of fused-ring (bicyclic) bond motifs is 3. The second kappa shape index (κ2) is 9.20. The van der Waals surface area contributed by atoms with Gasteiger partial charge in [0.15, 0.2) is 11.0 Å². The molecule has 0 radical (unpaired) electrons. The van der Waals surface area contributed by atoms with Crippen LogP contribution >= 0.6 is 23.1 Å². The van der Waals surface area contributed by atoms with Crippen molar-refractivity contribution in [3.8, 4) is 0 Å². The van der Waals surface area contributed by atoms with Gasteiger partial charge in [-0.05, 0) is 51.8 Å². The van der Waals surface area contributed by atoms with Crippen molar-refractivity contribution in [2.75, 3.05) is 14.1 Å². The van der Waals surface area contributed by atoms with Gasteiger partial charge in [-0.2, -0.15) is 0 Å². The van der Waals surface area contributed by atoms with Crippen molar-refractivity contribution in [3.63, 3.8) is 0 Å². The summed E-state index contributed by atoms with van der Waals surface area (Å²) in [7, 11) is 4.17. The number of nitrogens with zero attached hydrogens (tertiary/aromatic N) is 5. The molecule has 0 fully saturated rings. The summed E-state index contributed by atoms with van der Waals surface area (Å²) < 4.78 is 2.25. The SMILES string of the molecule is CCCCn1c(SCc2nc3sc4c(c3c(=O)[nH]2)CCC4)nnc1[C@@H](CC)N(C)C. The number of aromatic amines is 1. The molecule has 4 rings (SSSR count). The zero-order valence-electron chi connectivity index (χ0n) is 18.2. The molecule has 7 nitrogen and oxygen atoms in total. The van der Waals surface area contributed by atoms with E-state index in [9.17, 15) is 4.79 Å². The van der Waals surface area contributed by atoms with E-state index in [1.807, 2.05) is 0 Å². The first-order valence-electron chi connectivity index (χ1n) is 10.8. The third-order valence-corrected chi connectivity index (χ3v) is 7.91. The monoisotopic (exact) mass is 446 g/mol. The van der Waals surface area contributed by atoms with Gasteiger partial charge in [-0.15, -0.1) is 21.5 Å². The lowest BCUT2D eigenvalue weighted by atomic mass is 10.2. The number of aromatic nitrogens is 5. The summed E-state index contributed by atoms with van der Waals surface area (Å²) in [5, 5.41) is 10.7. The molecule has 0 saturated heterocycles. The lowest BCUT2D eigenvalue weighted by Crippen LogP contribution is -2.23. The fourth-order valence-electron chi connectivity index (χ4n) is 4.21. The average molecular weight is 447 g/mol. The number of aryl methyl sites for hydroxylation is 2. The maximum Gasteiger partial charge on any atom is 0.259 e. The van der Waals surface area contributed by atoms with Gasteiger partial charge in [0, 0.05) is 11.4 Å². The molecule has 162 valence electrons. The van der Waals surface area contributed by atoms with E-state index in [4.69, 9.17) is 4.98 Å². The van der Waals surface area contributed by atoms with Crippen molar-refractivity contribution in [1.29, 1.82) is 0 Å². The molecule has 9 heteroatoms. The number of unbranched alkanes of at least 4 members (excludes halogenated alkanes) is 1. The van der Waals surface area contributed by atoms with Crippen LogP contribution in [-0.2, 0) is 25.1 Å². The van der Waals surface area contributed by atoms with Crippen molar-refractivity contribution in [2.24, 2.45) is 0 Å². The predicted octanol–water partition coefficient (Wildman–Crippen LogP) is 4.17. The zero-order valence-corrected chi connectivity index (χ0v) is 19.8. The van der Waals surface area contributed by atoms with Crippen LogP contribution in [0.5, 0.6) is 0 Å². The second-order valence-corrected chi connectivity index (χ2v) is 10.1. The van der Waals surface area contributed by atoms with E-state index >= 15 is 0 Å². The maximum atomic E-state index is 12.7.